The standard InChI is InChI=1S/C17H18N4O3/c22-11-7-3-1-2-6-10-21-13-9-5-4-8-12(13)18-14-15(21)19-17(24)20-16(14)23/h4-5,8-9,11H,1-3,6-7,10H2,(H,20,23,24). The lowest BCUT2D eigenvalue weighted by Crippen LogP contribution is -2.28. The Morgan fingerprint density at radius 3 is 2.67 bits per heavy atom. The minimum Gasteiger partial charge on any atom is -0.322 e. The van der Waals surface area contributed by atoms with Gasteiger partial charge in [0.1, 0.15) is 6.29 Å². The molecule has 2 aliphatic rings. The fraction of sp³-hybridized carbons (Fsp3) is 0.353. The molecular weight excluding hydrogens is 308 g/mol. The number of H-pyrrole nitrogens is 1. The van der Waals surface area contributed by atoms with Crippen molar-refractivity contribution in [2.24, 2.45) is 0 Å². The lowest BCUT2D eigenvalue weighted by Gasteiger charge is -2.16. The number of rotatable bonds is 7. The minimum atomic E-state index is -0.663. The van der Waals surface area contributed by atoms with Crippen molar-refractivity contribution >= 4 is 17.3 Å². The van der Waals surface area contributed by atoms with Crippen LogP contribution < -0.4 is 11.2 Å². The summed E-state index contributed by atoms with van der Waals surface area (Å²) in [7, 11) is 0. The lowest BCUT2D eigenvalue weighted by molar-refractivity contribution is -0.107. The Morgan fingerprint density at radius 1 is 1.04 bits per heavy atom. The average Bonchev–Trinajstić information content (AvgIpc) is 2.58. The molecule has 0 saturated carbocycles. The van der Waals surface area contributed by atoms with Gasteiger partial charge < -0.3 is 9.36 Å². The number of benzene rings is 1. The largest absolute Gasteiger partial charge is 0.349 e. The van der Waals surface area contributed by atoms with Crippen molar-refractivity contribution in [3.8, 4) is 11.5 Å². The van der Waals surface area contributed by atoms with Crippen LogP contribution in [0.1, 0.15) is 32.1 Å². The van der Waals surface area contributed by atoms with Gasteiger partial charge in [0.15, 0.2) is 11.5 Å². The van der Waals surface area contributed by atoms with Gasteiger partial charge in [0.2, 0.25) is 0 Å². The molecule has 7 heteroatoms. The van der Waals surface area contributed by atoms with Crippen LogP contribution in [0.5, 0.6) is 0 Å². The molecule has 124 valence electrons. The summed E-state index contributed by atoms with van der Waals surface area (Å²) in [5.41, 5.74) is 0.529. The topological polar surface area (TPSA) is 97.7 Å². The van der Waals surface area contributed by atoms with Gasteiger partial charge in [-0.25, -0.2) is 9.78 Å². The van der Waals surface area contributed by atoms with Crippen LogP contribution in [0.15, 0.2) is 33.9 Å². The van der Waals surface area contributed by atoms with Crippen LogP contribution in [-0.4, -0.2) is 25.8 Å². The average molecular weight is 326 g/mol. The van der Waals surface area contributed by atoms with Crippen molar-refractivity contribution in [1.29, 1.82) is 0 Å². The first kappa shape index (κ1) is 16.0. The van der Waals surface area contributed by atoms with Crippen LogP contribution in [0.25, 0.3) is 22.6 Å². The molecule has 24 heavy (non-hydrogen) atoms. The number of hydrogen-bond acceptors (Lipinski definition) is 5. The van der Waals surface area contributed by atoms with Gasteiger partial charge in [-0.1, -0.05) is 25.0 Å². The lowest BCUT2D eigenvalue weighted by atomic mass is 10.1. The van der Waals surface area contributed by atoms with Crippen LogP contribution >= 0.6 is 0 Å². The highest BCUT2D eigenvalue weighted by atomic mass is 16.2. The number of carbonyl (C=O) groups is 1. The fourth-order valence-corrected chi connectivity index (χ4v) is 2.82. The number of fused-ring (bicyclic) bond motifs is 2. The molecule has 0 unspecified atom stereocenters. The molecule has 0 radical (unpaired) electrons. The Bertz CT molecular complexity index is 945. The zero-order valence-electron chi connectivity index (χ0n) is 13.2. The summed E-state index contributed by atoms with van der Waals surface area (Å²) in [4.78, 5) is 44.4. The molecule has 0 bridgehead atoms. The Kier molecular flexibility index (Phi) is 4.79. The van der Waals surface area contributed by atoms with Gasteiger partial charge in [-0.05, 0) is 25.0 Å². The number of aryl methyl sites for hydroxylation is 1. The highest BCUT2D eigenvalue weighted by molar-refractivity contribution is 5.79. The first-order valence-electron chi connectivity index (χ1n) is 8.04. The molecule has 0 atom stereocenters. The maximum absolute atomic E-state index is 12.0. The Balaban J connectivity index is 1.98. The second-order valence-corrected chi connectivity index (χ2v) is 5.67. The number of para-hydroxylation sites is 2. The van der Waals surface area contributed by atoms with E-state index in [1.807, 2.05) is 28.8 Å². The summed E-state index contributed by atoms with van der Waals surface area (Å²) < 4.78 is 1.88. The highest BCUT2D eigenvalue weighted by Gasteiger charge is 2.17. The molecule has 0 saturated heterocycles. The summed E-state index contributed by atoms with van der Waals surface area (Å²) in [6.45, 7) is 0.635. The number of aromatic nitrogens is 4. The molecule has 1 aromatic carbocycles. The number of nitrogens with zero attached hydrogens (tertiary/aromatic N) is 3. The Labute approximate surface area is 137 Å². The molecule has 0 amide bonds. The summed E-state index contributed by atoms with van der Waals surface area (Å²) in [6.07, 6.45) is 5.22. The number of carbonyl (C=O) groups excluding carboxylic acids is 1. The molecule has 0 aromatic heterocycles. The normalized spacial score (nSPS) is 11.2. The van der Waals surface area contributed by atoms with E-state index in [1.165, 1.54) is 0 Å². The smallest absolute Gasteiger partial charge is 0.322 e. The SMILES string of the molecule is O=CCCCCCCn1c2nc(=O)[nH]c(=O)c-2nc2ccccc21. The zero-order valence-corrected chi connectivity index (χ0v) is 13.2. The highest BCUT2D eigenvalue weighted by Crippen LogP contribution is 2.21. The van der Waals surface area contributed by atoms with E-state index in [9.17, 15) is 14.4 Å². The Morgan fingerprint density at radius 2 is 1.83 bits per heavy atom. The van der Waals surface area contributed by atoms with Gasteiger partial charge in [0.25, 0.3) is 5.56 Å². The van der Waals surface area contributed by atoms with Crippen molar-refractivity contribution in [2.75, 3.05) is 0 Å². The van der Waals surface area contributed by atoms with Crippen LogP contribution in [0.2, 0.25) is 0 Å². The Hall–Kier alpha value is -2.83. The van der Waals surface area contributed by atoms with Crippen molar-refractivity contribution < 1.29 is 4.79 Å². The van der Waals surface area contributed by atoms with Crippen molar-refractivity contribution in [3.05, 3.63) is 45.1 Å². The molecule has 0 aliphatic carbocycles. The predicted octanol–water partition coefficient (Wildman–Crippen LogP) is 1.73. The van der Waals surface area contributed by atoms with Crippen LogP contribution in [-0.2, 0) is 11.3 Å². The summed E-state index contributed by atoms with van der Waals surface area (Å²) >= 11 is 0. The fourth-order valence-electron chi connectivity index (χ4n) is 2.82. The van der Waals surface area contributed by atoms with Crippen LogP contribution in [0.4, 0.5) is 0 Å². The maximum atomic E-state index is 12.0. The monoisotopic (exact) mass is 326 g/mol. The second kappa shape index (κ2) is 7.16. The van der Waals surface area contributed by atoms with Crippen LogP contribution in [0, 0.1) is 0 Å². The van der Waals surface area contributed by atoms with Gasteiger partial charge in [-0.15, -0.1) is 0 Å². The first-order chi connectivity index (χ1) is 11.7. The number of hydrogen-bond donors (Lipinski definition) is 1. The van der Waals surface area contributed by atoms with Crippen molar-refractivity contribution in [1.82, 2.24) is 19.5 Å². The maximum Gasteiger partial charge on any atom is 0.349 e. The molecule has 3 rings (SSSR count). The number of aromatic amines is 1. The summed E-state index contributed by atoms with van der Waals surface area (Å²) in [5, 5.41) is 0. The summed E-state index contributed by atoms with van der Waals surface area (Å²) in [6, 6.07) is 7.48. The van der Waals surface area contributed by atoms with E-state index in [2.05, 4.69) is 15.0 Å². The van der Waals surface area contributed by atoms with Gasteiger partial charge in [-0.3, -0.25) is 9.78 Å². The zero-order chi connectivity index (χ0) is 16.9. The van der Waals surface area contributed by atoms with Crippen molar-refractivity contribution in [3.63, 3.8) is 0 Å². The third-order valence-electron chi connectivity index (χ3n) is 3.97. The van der Waals surface area contributed by atoms with Gasteiger partial charge >= 0.3 is 5.69 Å². The quantitative estimate of drug-likeness (QED) is 0.405. The summed E-state index contributed by atoms with van der Waals surface area (Å²) in [5.74, 6) is 0.315. The van der Waals surface area contributed by atoms with E-state index in [-0.39, 0.29) is 5.69 Å². The van der Waals surface area contributed by atoms with Gasteiger partial charge in [-0.2, -0.15) is 4.98 Å². The molecule has 0 spiro atoms. The number of nitrogens with one attached hydrogen (secondary N) is 1. The van der Waals surface area contributed by atoms with E-state index in [0.717, 1.165) is 37.5 Å². The van der Waals surface area contributed by atoms with E-state index >= 15 is 0 Å². The van der Waals surface area contributed by atoms with E-state index in [4.69, 9.17) is 0 Å². The van der Waals surface area contributed by atoms with Gasteiger partial charge in [0.05, 0.1) is 11.0 Å². The third kappa shape index (κ3) is 3.24. The third-order valence-corrected chi connectivity index (χ3v) is 3.97. The molecule has 1 N–H and O–H groups in total. The van der Waals surface area contributed by atoms with Crippen LogP contribution in [0.3, 0.4) is 0 Å². The van der Waals surface area contributed by atoms with Crippen molar-refractivity contribution in [2.45, 2.75) is 38.6 Å². The molecule has 1 aromatic rings. The van der Waals surface area contributed by atoms with E-state index < -0.39 is 11.2 Å². The molecule has 0 fully saturated rings. The minimum absolute atomic E-state index is 0.175. The van der Waals surface area contributed by atoms with Gasteiger partial charge in [0, 0.05) is 13.0 Å². The molecule has 2 aliphatic heterocycles. The first-order valence-corrected chi connectivity index (χ1v) is 8.04. The van der Waals surface area contributed by atoms with E-state index in [0.29, 0.717) is 24.3 Å². The van der Waals surface area contributed by atoms with E-state index in [1.54, 1.807) is 0 Å². The molecular formula is C17H18N4O3. The predicted molar refractivity (Wildman–Crippen MR) is 90.2 cm³/mol. The number of unbranched alkanes of at least 4 members (excludes halogenated alkanes) is 4. The molecule has 2 heterocycles. The second-order valence-electron chi connectivity index (χ2n) is 5.67. The molecule has 7 nitrogen and oxygen atoms in total. The number of aldehydes is 1.